The maximum absolute atomic E-state index is 8.92. The first kappa shape index (κ1) is 21.9. The van der Waals surface area contributed by atoms with Crippen LogP contribution in [0.15, 0.2) is 42.7 Å². The molecule has 142 valence electrons. The van der Waals surface area contributed by atoms with Crippen LogP contribution in [0.25, 0.3) is 5.69 Å². The number of rotatable bonds is 4. The summed E-state index contributed by atoms with van der Waals surface area (Å²) < 4.78 is 1.93. The predicted molar refractivity (Wildman–Crippen MR) is 109 cm³/mol. The van der Waals surface area contributed by atoms with Crippen LogP contribution in [0.3, 0.4) is 0 Å². The lowest BCUT2D eigenvalue weighted by molar-refractivity contribution is 0.116. The molecule has 1 fully saturated rings. The number of piperidine rings is 1. The Kier molecular flexibility index (Phi) is 9.69. The maximum atomic E-state index is 8.92. The van der Waals surface area contributed by atoms with Gasteiger partial charge in [0.2, 0.25) is 0 Å². The van der Waals surface area contributed by atoms with Gasteiger partial charge in [-0.1, -0.05) is 52.8 Å². The first-order valence-corrected chi connectivity index (χ1v) is 9.87. The molecule has 1 aliphatic heterocycles. The topological polar surface area (TPSA) is 44.9 Å². The van der Waals surface area contributed by atoms with Crippen LogP contribution < -0.4 is 0 Å². The predicted octanol–water partition coefficient (Wildman–Crippen LogP) is 5.44. The summed E-state index contributed by atoms with van der Waals surface area (Å²) in [5.74, 6) is 0. The number of hydrogen-bond donors (Lipinski definition) is 0. The van der Waals surface area contributed by atoms with E-state index in [0.717, 1.165) is 38.2 Å². The van der Waals surface area contributed by atoms with Crippen molar-refractivity contribution in [1.82, 2.24) is 14.7 Å². The highest BCUT2D eigenvalue weighted by Crippen LogP contribution is 2.34. The minimum Gasteiger partial charge on any atom is -0.299 e. The fraction of sp³-hybridized carbons (Fsp3) is 0.545. The zero-order valence-electron chi connectivity index (χ0n) is 17.1. The molecule has 1 saturated heterocycles. The molecule has 4 heteroatoms. The van der Waals surface area contributed by atoms with Gasteiger partial charge in [-0.3, -0.25) is 4.90 Å². The molecule has 0 spiro atoms. The van der Waals surface area contributed by atoms with Crippen molar-refractivity contribution in [3.63, 3.8) is 0 Å². The molecule has 0 aliphatic carbocycles. The van der Waals surface area contributed by atoms with Crippen LogP contribution in [0.5, 0.6) is 0 Å². The highest BCUT2D eigenvalue weighted by Gasteiger charge is 2.29. The molecule has 0 saturated carbocycles. The van der Waals surface area contributed by atoms with E-state index in [-0.39, 0.29) is 5.41 Å². The van der Waals surface area contributed by atoms with E-state index < -0.39 is 0 Å². The molecule has 26 heavy (non-hydrogen) atoms. The van der Waals surface area contributed by atoms with Crippen LogP contribution >= 0.6 is 0 Å². The molecule has 1 aliphatic rings. The van der Waals surface area contributed by atoms with Crippen LogP contribution in [0.2, 0.25) is 0 Å². The molecule has 0 unspecified atom stereocenters. The second-order valence-corrected chi connectivity index (χ2v) is 6.55. The van der Waals surface area contributed by atoms with Crippen LogP contribution in [0.4, 0.5) is 0 Å². The number of aromatic nitrogens is 2. The van der Waals surface area contributed by atoms with Gasteiger partial charge in [0.05, 0.1) is 18.0 Å². The lowest BCUT2D eigenvalue weighted by Gasteiger charge is -2.37. The molecule has 0 N–H and O–H groups in total. The molecule has 1 aromatic carbocycles. The Hall–Kier alpha value is -2.12. The Labute approximate surface area is 159 Å². The summed E-state index contributed by atoms with van der Waals surface area (Å²) in [7, 11) is 0. The minimum absolute atomic E-state index is 0.208. The van der Waals surface area contributed by atoms with Gasteiger partial charge in [0.1, 0.15) is 0 Å². The van der Waals surface area contributed by atoms with Crippen LogP contribution in [-0.2, 0) is 6.54 Å². The third-order valence-electron chi connectivity index (χ3n) is 4.63. The molecule has 1 aromatic heterocycles. The van der Waals surface area contributed by atoms with E-state index in [1.807, 2.05) is 56.8 Å². The van der Waals surface area contributed by atoms with Gasteiger partial charge in [-0.25, -0.2) is 4.68 Å². The normalized spacial score (nSPS) is 15.7. The molecule has 2 aromatic rings. The molecule has 0 bridgehead atoms. The molecule has 4 nitrogen and oxygen atoms in total. The Balaban J connectivity index is 0.000000791. The largest absolute Gasteiger partial charge is 0.299 e. The fourth-order valence-electron chi connectivity index (χ4n) is 3.04. The van der Waals surface area contributed by atoms with E-state index in [0.29, 0.717) is 6.42 Å². The Morgan fingerprint density at radius 3 is 2.27 bits per heavy atom. The lowest BCUT2D eigenvalue weighted by Crippen LogP contribution is -2.38. The van der Waals surface area contributed by atoms with Gasteiger partial charge < -0.3 is 0 Å². The molecule has 0 atom stereocenters. The average Bonchev–Trinajstić information content (AvgIpc) is 3.16. The quantitative estimate of drug-likeness (QED) is 0.734. The Bertz CT molecular complexity index is 646. The van der Waals surface area contributed by atoms with Crippen LogP contribution in [0.1, 0.15) is 59.4 Å². The zero-order valence-corrected chi connectivity index (χ0v) is 17.1. The molecular weight excluding hydrogens is 320 g/mol. The standard InChI is InChI=1S/C18H22N4.2C2H6/c1-18(7-10-19)8-11-21(12-9-18)14-16-13-20-22(15-16)17-5-3-2-4-6-17;2*1-2/h2-6,13,15H,7-9,11-12,14H2,1H3;2*1-2H3. The summed E-state index contributed by atoms with van der Waals surface area (Å²) in [6.45, 7) is 13.3. The van der Waals surface area contributed by atoms with E-state index in [2.05, 4.69) is 41.3 Å². The van der Waals surface area contributed by atoms with Gasteiger partial charge in [0, 0.05) is 24.7 Å². The summed E-state index contributed by atoms with van der Waals surface area (Å²) in [6.07, 6.45) is 6.95. The van der Waals surface area contributed by atoms with Crippen molar-refractivity contribution >= 4 is 0 Å². The van der Waals surface area contributed by atoms with Gasteiger partial charge in [0.15, 0.2) is 0 Å². The number of hydrogen-bond acceptors (Lipinski definition) is 3. The second kappa shape index (κ2) is 11.5. The van der Waals surface area contributed by atoms with E-state index in [1.54, 1.807) is 0 Å². The van der Waals surface area contributed by atoms with Gasteiger partial charge in [0.25, 0.3) is 0 Å². The SMILES string of the molecule is CC.CC.CC1(CC#N)CCN(Cc2cnn(-c3ccccc3)c2)CC1. The smallest absolute Gasteiger partial charge is 0.0645 e. The highest BCUT2D eigenvalue weighted by molar-refractivity contribution is 5.30. The van der Waals surface area contributed by atoms with Crippen LogP contribution in [0, 0.1) is 16.7 Å². The first-order chi connectivity index (χ1) is 12.7. The summed E-state index contributed by atoms with van der Waals surface area (Å²) in [5, 5.41) is 13.4. The van der Waals surface area contributed by atoms with Gasteiger partial charge in [-0.2, -0.15) is 10.4 Å². The lowest BCUT2D eigenvalue weighted by atomic mass is 9.78. The van der Waals surface area contributed by atoms with Crippen molar-refractivity contribution in [1.29, 1.82) is 5.26 Å². The first-order valence-electron chi connectivity index (χ1n) is 9.87. The molecule has 2 heterocycles. The van der Waals surface area contributed by atoms with E-state index in [1.165, 1.54) is 5.56 Å². The van der Waals surface area contributed by atoms with Crippen LogP contribution in [-0.4, -0.2) is 27.8 Å². The zero-order chi connectivity index (χ0) is 19.4. The van der Waals surface area contributed by atoms with E-state index in [9.17, 15) is 0 Å². The van der Waals surface area contributed by atoms with Crippen molar-refractivity contribution in [3.05, 3.63) is 48.3 Å². The highest BCUT2D eigenvalue weighted by atomic mass is 15.3. The van der Waals surface area contributed by atoms with Crippen molar-refractivity contribution in [2.75, 3.05) is 13.1 Å². The maximum Gasteiger partial charge on any atom is 0.0645 e. The van der Waals surface area contributed by atoms with Gasteiger partial charge in [-0.05, 0) is 43.5 Å². The number of likely N-dealkylation sites (tertiary alicyclic amines) is 1. The second-order valence-electron chi connectivity index (χ2n) is 6.55. The number of para-hydroxylation sites is 1. The van der Waals surface area contributed by atoms with E-state index in [4.69, 9.17) is 5.26 Å². The Morgan fingerprint density at radius 2 is 1.69 bits per heavy atom. The van der Waals surface area contributed by atoms with Crippen molar-refractivity contribution in [3.8, 4) is 11.8 Å². The third-order valence-corrected chi connectivity index (χ3v) is 4.63. The van der Waals surface area contributed by atoms with E-state index >= 15 is 0 Å². The van der Waals surface area contributed by atoms with Gasteiger partial charge >= 0.3 is 0 Å². The van der Waals surface area contributed by atoms with Crippen molar-refractivity contribution < 1.29 is 0 Å². The van der Waals surface area contributed by atoms with Crippen molar-refractivity contribution in [2.45, 2.75) is 60.4 Å². The van der Waals surface area contributed by atoms with Crippen molar-refractivity contribution in [2.24, 2.45) is 5.41 Å². The number of benzene rings is 1. The summed E-state index contributed by atoms with van der Waals surface area (Å²) >= 11 is 0. The van der Waals surface area contributed by atoms with Gasteiger partial charge in [-0.15, -0.1) is 0 Å². The molecule has 0 amide bonds. The summed E-state index contributed by atoms with van der Waals surface area (Å²) in [4.78, 5) is 2.46. The molecule has 0 radical (unpaired) electrons. The average molecular weight is 355 g/mol. The molecular formula is C22H34N4. The number of nitriles is 1. The minimum atomic E-state index is 0.208. The third kappa shape index (κ3) is 6.31. The monoisotopic (exact) mass is 354 g/mol. The Morgan fingerprint density at radius 1 is 1.08 bits per heavy atom. The fourth-order valence-corrected chi connectivity index (χ4v) is 3.04. The summed E-state index contributed by atoms with van der Waals surface area (Å²) in [5.41, 5.74) is 2.54. The summed E-state index contributed by atoms with van der Waals surface area (Å²) in [6, 6.07) is 12.5. The molecule has 3 rings (SSSR count). The number of nitrogens with zero attached hydrogens (tertiary/aromatic N) is 4.